The number of hydrogen-bond acceptors (Lipinski definition) is 6. The highest BCUT2D eigenvalue weighted by molar-refractivity contribution is 5.81. The minimum Gasteiger partial charge on any atom is -0.422 e. The molecule has 3 heterocycles. The van der Waals surface area contributed by atoms with Crippen LogP contribution in [0.25, 0.3) is 11.2 Å². The highest BCUT2D eigenvalue weighted by Crippen LogP contribution is 2.23. The summed E-state index contributed by atoms with van der Waals surface area (Å²) in [7, 11) is 2.02. The molecule has 6 heteroatoms. The fourth-order valence-electron chi connectivity index (χ4n) is 2.60. The number of aromatic nitrogens is 3. The molecule has 1 unspecified atom stereocenters. The smallest absolute Gasteiger partial charge is 0.252 e. The van der Waals surface area contributed by atoms with E-state index in [4.69, 9.17) is 9.15 Å². The van der Waals surface area contributed by atoms with Crippen molar-refractivity contribution in [2.75, 3.05) is 25.1 Å². The molecule has 0 aliphatic carbocycles. The van der Waals surface area contributed by atoms with Gasteiger partial charge in [0.2, 0.25) is 0 Å². The molecule has 2 aromatic rings. The summed E-state index contributed by atoms with van der Waals surface area (Å²) >= 11 is 0. The fourth-order valence-corrected chi connectivity index (χ4v) is 2.60. The van der Waals surface area contributed by atoms with E-state index in [-0.39, 0.29) is 0 Å². The van der Waals surface area contributed by atoms with Crippen LogP contribution >= 0.6 is 0 Å². The lowest BCUT2D eigenvalue weighted by Gasteiger charge is -2.25. The molecule has 3 rings (SSSR count). The Morgan fingerprint density at radius 1 is 1.35 bits per heavy atom. The molecule has 0 N–H and O–H groups in total. The molecular formula is C14H20N4O2. The quantitative estimate of drug-likeness (QED) is 0.854. The van der Waals surface area contributed by atoms with Crippen molar-refractivity contribution in [3.63, 3.8) is 0 Å². The van der Waals surface area contributed by atoms with Crippen molar-refractivity contribution in [2.24, 2.45) is 0 Å². The Labute approximate surface area is 118 Å². The molecule has 1 atom stereocenters. The highest BCUT2D eigenvalue weighted by atomic mass is 16.5. The third kappa shape index (κ3) is 2.75. The van der Waals surface area contributed by atoms with E-state index in [2.05, 4.69) is 19.9 Å². The monoisotopic (exact) mass is 276 g/mol. The Hall–Kier alpha value is -1.69. The van der Waals surface area contributed by atoms with Gasteiger partial charge in [0, 0.05) is 27.1 Å². The second-order valence-corrected chi connectivity index (χ2v) is 5.28. The van der Waals surface area contributed by atoms with Crippen LogP contribution in [0, 0.1) is 6.92 Å². The minimum atomic E-state index is 0.377. The first-order valence-electron chi connectivity index (χ1n) is 7.15. The lowest BCUT2D eigenvalue weighted by atomic mass is 10.1. The van der Waals surface area contributed by atoms with Crippen LogP contribution in [0.1, 0.15) is 31.6 Å². The third-order valence-electron chi connectivity index (χ3n) is 3.71. The lowest BCUT2D eigenvalue weighted by molar-refractivity contribution is 0.0127. The van der Waals surface area contributed by atoms with Crippen LogP contribution in [-0.2, 0) is 4.74 Å². The zero-order chi connectivity index (χ0) is 13.9. The molecule has 2 aromatic heterocycles. The van der Waals surface area contributed by atoms with E-state index in [1.165, 1.54) is 19.2 Å². The van der Waals surface area contributed by atoms with E-state index >= 15 is 0 Å². The second kappa shape index (κ2) is 5.75. The maximum Gasteiger partial charge on any atom is 0.252 e. The van der Waals surface area contributed by atoms with Crippen molar-refractivity contribution in [1.82, 2.24) is 15.0 Å². The van der Waals surface area contributed by atoms with Crippen LogP contribution < -0.4 is 4.90 Å². The van der Waals surface area contributed by atoms with E-state index < -0.39 is 0 Å². The molecule has 0 bridgehead atoms. The number of ether oxygens (including phenoxy) is 1. The standard InChI is InChI=1S/C14H20N4O2/c1-10-17-12-13(15-9-16-14(12)20-10)18(2)7-6-11-5-3-4-8-19-11/h9,11H,3-8H2,1-2H3. The number of anilines is 1. The van der Waals surface area contributed by atoms with Gasteiger partial charge in [-0.3, -0.25) is 0 Å². The van der Waals surface area contributed by atoms with E-state index in [0.29, 0.717) is 17.7 Å². The molecule has 0 amide bonds. The first-order valence-corrected chi connectivity index (χ1v) is 7.15. The van der Waals surface area contributed by atoms with Gasteiger partial charge in [-0.25, -0.2) is 9.97 Å². The zero-order valence-electron chi connectivity index (χ0n) is 12.0. The molecule has 1 saturated heterocycles. The van der Waals surface area contributed by atoms with Gasteiger partial charge in [-0.1, -0.05) is 0 Å². The van der Waals surface area contributed by atoms with E-state index in [9.17, 15) is 0 Å². The molecule has 0 aromatic carbocycles. The highest BCUT2D eigenvalue weighted by Gasteiger charge is 2.17. The van der Waals surface area contributed by atoms with Gasteiger partial charge in [0.25, 0.3) is 5.71 Å². The topological polar surface area (TPSA) is 64.3 Å². The predicted octanol–water partition coefficient (Wildman–Crippen LogP) is 2.32. The average Bonchev–Trinajstić information content (AvgIpc) is 2.85. The van der Waals surface area contributed by atoms with Crippen molar-refractivity contribution in [1.29, 1.82) is 0 Å². The van der Waals surface area contributed by atoms with Gasteiger partial charge < -0.3 is 14.1 Å². The Kier molecular flexibility index (Phi) is 3.82. The Morgan fingerprint density at radius 2 is 2.25 bits per heavy atom. The van der Waals surface area contributed by atoms with E-state index in [1.807, 2.05) is 14.0 Å². The van der Waals surface area contributed by atoms with Gasteiger partial charge in [0.1, 0.15) is 6.33 Å². The van der Waals surface area contributed by atoms with E-state index in [1.54, 1.807) is 0 Å². The molecule has 20 heavy (non-hydrogen) atoms. The molecule has 1 aliphatic rings. The van der Waals surface area contributed by atoms with Gasteiger partial charge in [0.05, 0.1) is 6.10 Å². The van der Waals surface area contributed by atoms with Gasteiger partial charge in [-0.05, 0) is 25.7 Å². The molecule has 108 valence electrons. The molecule has 1 aliphatic heterocycles. The summed E-state index contributed by atoms with van der Waals surface area (Å²) < 4.78 is 11.2. The van der Waals surface area contributed by atoms with Crippen LogP contribution in [0.5, 0.6) is 0 Å². The predicted molar refractivity (Wildman–Crippen MR) is 75.8 cm³/mol. The molecule has 0 saturated carbocycles. The van der Waals surface area contributed by atoms with Crippen molar-refractivity contribution in [2.45, 2.75) is 38.7 Å². The number of hydrogen-bond donors (Lipinski definition) is 0. The molecule has 0 radical (unpaired) electrons. The number of fused-ring (bicyclic) bond motifs is 1. The lowest BCUT2D eigenvalue weighted by Crippen LogP contribution is -2.27. The zero-order valence-corrected chi connectivity index (χ0v) is 12.0. The van der Waals surface area contributed by atoms with Crippen LogP contribution in [-0.4, -0.2) is 41.3 Å². The summed E-state index contributed by atoms with van der Waals surface area (Å²) in [6.07, 6.45) is 6.54. The van der Waals surface area contributed by atoms with Gasteiger partial charge in [-0.15, -0.1) is 0 Å². The Balaban J connectivity index is 1.70. The number of aryl methyl sites for hydroxylation is 1. The third-order valence-corrected chi connectivity index (χ3v) is 3.71. The first-order chi connectivity index (χ1) is 9.74. The minimum absolute atomic E-state index is 0.377. The second-order valence-electron chi connectivity index (χ2n) is 5.28. The largest absolute Gasteiger partial charge is 0.422 e. The van der Waals surface area contributed by atoms with Crippen LogP contribution in [0.15, 0.2) is 10.7 Å². The molecule has 0 spiro atoms. The summed E-state index contributed by atoms with van der Waals surface area (Å²) in [6.45, 7) is 3.61. The number of nitrogens with zero attached hydrogens (tertiary/aromatic N) is 4. The van der Waals surface area contributed by atoms with Crippen molar-refractivity contribution < 1.29 is 9.15 Å². The average molecular weight is 276 g/mol. The molecule has 6 nitrogen and oxygen atoms in total. The van der Waals surface area contributed by atoms with Crippen LogP contribution in [0.3, 0.4) is 0 Å². The van der Waals surface area contributed by atoms with E-state index in [0.717, 1.165) is 37.3 Å². The SMILES string of the molecule is Cc1nc2c(N(C)CCC3CCCCO3)ncnc2o1. The summed E-state index contributed by atoms with van der Waals surface area (Å²) in [5.41, 5.74) is 1.28. The van der Waals surface area contributed by atoms with Crippen LogP contribution in [0.2, 0.25) is 0 Å². The Bertz CT molecular complexity index is 578. The van der Waals surface area contributed by atoms with Crippen molar-refractivity contribution in [3.05, 3.63) is 12.2 Å². The molecular weight excluding hydrogens is 256 g/mol. The Morgan fingerprint density at radius 3 is 3.05 bits per heavy atom. The molecule has 1 fully saturated rings. The summed E-state index contributed by atoms with van der Waals surface area (Å²) in [4.78, 5) is 14.9. The normalized spacial score (nSPS) is 19.4. The van der Waals surface area contributed by atoms with Crippen molar-refractivity contribution >= 4 is 17.0 Å². The summed E-state index contributed by atoms with van der Waals surface area (Å²) in [6, 6.07) is 0. The van der Waals surface area contributed by atoms with Gasteiger partial charge in [-0.2, -0.15) is 4.98 Å². The first kappa shape index (κ1) is 13.3. The number of rotatable bonds is 4. The fraction of sp³-hybridized carbons (Fsp3) is 0.643. The van der Waals surface area contributed by atoms with Gasteiger partial charge >= 0.3 is 0 Å². The maximum atomic E-state index is 5.76. The summed E-state index contributed by atoms with van der Waals surface area (Å²) in [5, 5.41) is 0. The number of oxazole rings is 1. The van der Waals surface area contributed by atoms with Crippen LogP contribution in [0.4, 0.5) is 5.82 Å². The van der Waals surface area contributed by atoms with Gasteiger partial charge in [0.15, 0.2) is 17.2 Å². The maximum absolute atomic E-state index is 5.76. The summed E-state index contributed by atoms with van der Waals surface area (Å²) in [5.74, 6) is 1.44. The van der Waals surface area contributed by atoms with Crippen molar-refractivity contribution in [3.8, 4) is 0 Å².